The van der Waals surface area contributed by atoms with E-state index in [2.05, 4.69) is 28.4 Å². The molecule has 3 aliphatic rings. The predicted molar refractivity (Wildman–Crippen MR) is 75.1 cm³/mol. The largest absolute Gasteiger partial charge is 0.369 e. The van der Waals surface area contributed by atoms with E-state index < -0.39 is 0 Å². The average Bonchev–Trinajstić information content (AvgIpc) is 2.63. The van der Waals surface area contributed by atoms with Gasteiger partial charge in [0.2, 0.25) is 0 Å². The van der Waals surface area contributed by atoms with Crippen LogP contribution in [-0.2, 0) is 6.54 Å². The summed E-state index contributed by atoms with van der Waals surface area (Å²) in [6.45, 7) is 4.67. The highest BCUT2D eigenvalue weighted by Gasteiger charge is 2.36. The minimum absolute atomic E-state index is 0.850. The zero-order valence-electron chi connectivity index (χ0n) is 11.0. The van der Waals surface area contributed by atoms with Gasteiger partial charge in [-0.3, -0.25) is 0 Å². The van der Waals surface area contributed by atoms with E-state index in [0.29, 0.717) is 0 Å². The molecule has 0 aromatic heterocycles. The number of nitrogens with zero attached hydrogens (tertiary/aromatic N) is 1. The van der Waals surface area contributed by atoms with Crippen molar-refractivity contribution < 1.29 is 0 Å². The van der Waals surface area contributed by atoms with E-state index in [9.17, 15) is 0 Å². The molecule has 2 heterocycles. The lowest BCUT2D eigenvalue weighted by atomic mass is 9.72. The monoisotopic (exact) mass is 242 g/mol. The van der Waals surface area contributed by atoms with Crippen LogP contribution in [0, 0.1) is 5.92 Å². The third-order valence-electron chi connectivity index (χ3n) is 5.10. The van der Waals surface area contributed by atoms with Gasteiger partial charge in [0, 0.05) is 31.9 Å². The number of hydrogen-bond donors (Lipinski definition) is 1. The van der Waals surface area contributed by atoms with Crippen LogP contribution < -0.4 is 10.2 Å². The van der Waals surface area contributed by atoms with Gasteiger partial charge in [-0.2, -0.15) is 0 Å². The SMILES string of the molecule is c1cc2c3c(c1)C1CCCCC1CN3CCNC2. The summed E-state index contributed by atoms with van der Waals surface area (Å²) in [5.74, 6) is 1.77. The van der Waals surface area contributed by atoms with Gasteiger partial charge in [-0.15, -0.1) is 0 Å². The molecule has 2 nitrogen and oxygen atoms in total. The van der Waals surface area contributed by atoms with Crippen LogP contribution in [0.1, 0.15) is 42.7 Å². The van der Waals surface area contributed by atoms with E-state index >= 15 is 0 Å². The Morgan fingerprint density at radius 1 is 1.17 bits per heavy atom. The Morgan fingerprint density at radius 3 is 3.11 bits per heavy atom. The molecular formula is C16H22N2. The van der Waals surface area contributed by atoms with Crippen LogP contribution in [0.25, 0.3) is 0 Å². The van der Waals surface area contributed by atoms with Gasteiger partial charge >= 0.3 is 0 Å². The Bertz CT molecular complexity index is 454. The van der Waals surface area contributed by atoms with Crippen molar-refractivity contribution in [2.75, 3.05) is 24.5 Å². The van der Waals surface area contributed by atoms with Crippen molar-refractivity contribution in [1.29, 1.82) is 0 Å². The molecule has 4 rings (SSSR count). The van der Waals surface area contributed by atoms with E-state index in [1.165, 1.54) is 44.3 Å². The molecule has 0 spiro atoms. The first kappa shape index (κ1) is 10.9. The molecule has 1 N–H and O–H groups in total. The van der Waals surface area contributed by atoms with Crippen molar-refractivity contribution in [3.63, 3.8) is 0 Å². The van der Waals surface area contributed by atoms with Crippen LogP contribution in [-0.4, -0.2) is 19.6 Å². The predicted octanol–water partition coefficient (Wildman–Crippen LogP) is 2.88. The quantitative estimate of drug-likeness (QED) is 0.752. The standard InChI is InChI=1S/C16H22N2/c1-2-6-14-13(4-1)11-18-9-8-17-10-12-5-3-7-15(14)16(12)18/h3,5,7,13-14,17H,1-2,4,6,8-11H2. The lowest BCUT2D eigenvalue weighted by Gasteiger charge is -2.44. The fourth-order valence-corrected chi connectivity index (χ4v) is 4.29. The van der Waals surface area contributed by atoms with Crippen LogP contribution in [0.4, 0.5) is 5.69 Å². The highest BCUT2D eigenvalue weighted by molar-refractivity contribution is 5.63. The Balaban J connectivity index is 1.84. The third kappa shape index (κ3) is 1.58. The summed E-state index contributed by atoms with van der Waals surface area (Å²) in [6, 6.07) is 6.99. The van der Waals surface area contributed by atoms with Crippen molar-refractivity contribution in [2.24, 2.45) is 5.92 Å². The number of para-hydroxylation sites is 1. The Hall–Kier alpha value is -1.02. The van der Waals surface area contributed by atoms with Crippen molar-refractivity contribution in [3.05, 3.63) is 29.3 Å². The maximum Gasteiger partial charge on any atom is 0.0447 e. The first-order valence-corrected chi connectivity index (χ1v) is 7.51. The van der Waals surface area contributed by atoms with Crippen LogP contribution >= 0.6 is 0 Å². The summed E-state index contributed by atoms with van der Waals surface area (Å²) in [6.07, 6.45) is 5.74. The maximum absolute atomic E-state index is 3.56. The van der Waals surface area contributed by atoms with E-state index in [1.807, 2.05) is 0 Å². The van der Waals surface area contributed by atoms with Crippen molar-refractivity contribution >= 4 is 5.69 Å². The number of nitrogens with one attached hydrogen (secondary N) is 1. The molecule has 1 saturated carbocycles. The molecule has 18 heavy (non-hydrogen) atoms. The Morgan fingerprint density at radius 2 is 2.11 bits per heavy atom. The summed E-state index contributed by atoms with van der Waals surface area (Å²) >= 11 is 0. The molecule has 1 aromatic rings. The van der Waals surface area contributed by atoms with E-state index in [1.54, 1.807) is 11.3 Å². The number of benzene rings is 1. The normalized spacial score (nSPS) is 30.3. The summed E-state index contributed by atoms with van der Waals surface area (Å²) < 4.78 is 0. The smallest absolute Gasteiger partial charge is 0.0447 e. The Kier molecular flexibility index (Phi) is 2.58. The van der Waals surface area contributed by atoms with Crippen molar-refractivity contribution in [2.45, 2.75) is 38.1 Å². The van der Waals surface area contributed by atoms with E-state index in [-0.39, 0.29) is 0 Å². The van der Waals surface area contributed by atoms with Gasteiger partial charge in [0.25, 0.3) is 0 Å². The number of hydrogen-bond acceptors (Lipinski definition) is 2. The van der Waals surface area contributed by atoms with Crippen molar-refractivity contribution in [1.82, 2.24) is 5.32 Å². The zero-order chi connectivity index (χ0) is 11.9. The molecule has 0 amide bonds. The summed E-state index contributed by atoms with van der Waals surface area (Å²) in [7, 11) is 0. The number of rotatable bonds is 0. The summed E-state index contributed by atoms with van der Waals surface area (Å²) in [5.41, 5.74) is 4.77. The molecule has 2 heteroatoms. The van der Waals surface area contributed by atoms with Crippen LogP contribution in [0.5, 0.6) is 0 Å². The first-order valence-electron chi connectivity index (χ1n) is 7.51. The maximum atomic E-state index is 3.56. The molecular weight excluding hydrogens is 220 g/mol. The molecule has 2 unspecified atom stereocenters. The fourth-order valence-electron chi connectivity index (χ4n) is 4.29. The van der Waals surface area contributed by atoms with Crippen LogP contribution in [0.2, 0.25) is 0 Å². The highest BCUT2D eigenvalue weighted by Crippen LogP contribution is 2.47. The number of fused-ring (bicyclic) bond motifs is 2. The molecule has 0 saturated heterocycles. The van der Waals surface area contributed by atoms with E-state index in [0.717, 1.165) is 24.9 Å². The van der Waals surface area contributed by atoms with Gasteiger partial charge in [-0.25, -0.2) is 0 Å². The molecule has 0 bridgehead atoms. The minimum atomic E-state index is 0.850. The molecule has 2 aliphatic heterocycles. The summed E-state index contributed by atoms with van der Waals surface area (Å²) in [4.78, 5) is 2.66. The third-order valence-corrected chi connectivity index (χ3v) is 5.10. The molecule has 96 valence electrons. The Labute approximate surface area is 109 Å². The van der Waals surface area contributed by atoms with Crippen LogP contribution in [0.3, 0.4) is 0 Å². The molecule has 1 fully saturated rings. The van der Waals surface area contributed by atoms with Crippen LogP contribution in [0.15, 0.2) is 18.2 Å². The van der Waals surface area contributed by atoms with Gasteiger partial charge in [0.05, 0.1) is 0 Å². The average molecular weight is 242 g/mol. The highest BCUT2D eigenvalue weighted by atomic mass is 15.2. The molecule has 2 atom stereocenters. The fraction of sp³-hybridized carbons (Fsp3) is 0.625. The molecule has 1 aliphatic carbocycles. The number of anilines is 1. The lowest BCUT2D eigenvalue weighted by molar-refractivity contribution is 0.297. The second-order valence-electron chi connectivity index (χ2n) is 6.13. The zero-order valence-corrected chi connectivity index (χ0v) is 11.0. The summed E-state index contributed by atoms with van der Waals surface area (Å²) in [5, 5.41) is 3.56. The van der Waals surface area contributed by atoms with Crippen molar-refractivity contribution in [3.8, 4) is 0 Å². The molecule has 0 radical (unpaired) electrons. The topological polar surface area (TPSA) is 15.3 Å². The van der Waals surface area contributed by atoms with Gasteiger partial charge in [0.1, 0.15) is 0 Å². The lowest BCUT2D eigenvalue weighted by Crippen LogP contribution is -2.41. The minimum Gasteiger partial charge on any atom is -0.369 e. The first-order chi connectivity index (χ1) is 8.93. The second kappa shape index (κ2) is 4.27. The van der Waals surface area contributed by atoms with Gasteiger partial charge in [0.15, 0.2) is 0 Å². The van der Waals surface area contributed by atoms with E-state index in [4.69, 9.17) is 0 Å². The van der Waals surface area contributed by atoms with Gasteiger partial charge in [-0.05, 0) is 35.8 Å². The second-order valence-corrected chi connectivity index (χ2v) is 6.13. The van der Waals surface area contributed by atoms with Gasteiger partial charge in [-0.1, -0.05) is 31.0 Å². The van der Waals surface area contributed by atoms with Gasteiger partial charge < -0.3 is 10.2 Å². The molecule has 1 aromatic carbocycles.